The molecule has 1 aromatic carbocycles. The van der Waals surface area contributed by atoms with Crippen molar-refractivity contribution in [2.45, 2.75) is 6.42 Å². The van der Waals surface area contributed by atoms with Crippen molar-refractivity contribution in [1.29, 1.82) is 0 Å². The number of amides is 1. The molecule has 0 radical (unpaired) electrons. The Morgan fingerprint density at radius 1 is 1.35 bits per heavy atom. The maximum Gasteiger partial charge on any atom is 0.253 e. The van der Waals surface area contributed by atoms with E-state index in [2.05, 4.69) is 10.2 Å². The quantitative estimate of drug-likeness (QED) is 0.850. The van der Waals surface area contributed by atoms with Crippen LogP contribution in [0.3, 0.4) is 0 Å². The molecule has 20 heavy (non-hydrogen) atoms. The molecule has 0 saturated heterocycles. The fraction of sp³-hybridized carbons (Fsp3) is 0.214. The number of rotatable bonds is 3. The van der Waals surface area contributed by atoms with Gasteiger partial charge in [-0.15, -0.1) is 0 Å². The first-order valence-corrected chi connectivity index (χ1v) is 6.21. The topological polar surface area (TPSA) is 59.7 Å². The first kappa shape index (κ1) is 12.4. The fourth-order valence-electron chi connectivity index (χ4n) is 2.10. The van der Waals surface area contributed by atoms with Crippen LogP contribution in [-0.2, 0) is 11.8 Å². The summed E-state index contributed by atoms with van der Waals surface area (Å²) in [7, 11) is 3.43. The molecule has 0 N–H and O–H groups in total. The summed E-state index contributed by atoms with van der Waals surface area (Å²) in [6, 6.07) is 7.28. The van der Waals surface area contributed by atoms with Crippen molar-refractivity contribution in [2.75, 3.05) is 12.1 Å². The molecule has 0 saturated carbocycles. The van der Waals surface area contributed by atoms with Crippen molar-refractivity contribution in [3.05, 3.63) is 42.2 Å². The van der Waals surface area contributed by atoms with Gasteiger partial charge in [-0.05, 0) is 12.1 Å². The molecular formula is C14H14N4O2. The summed E-state index contributed by atoms with van der Waals surface area (Å²) in [5.41, 5.74) is 2.30. The van der Waals surface area contributed by atoms with Crippen LogP contribution in [0.5, 0.6) is 5.75 Å². The predicted molar refractivity (Wildman–Crippen MR) is 74.8 cm³/mol. The van der Waals surface area contributed by atoms with Gasteiger partial charge in [0.1, 0.15) is 5.75 Å². The Bertz CT molecular complexity index is 690. The smallest absolute Gasteiger partial charge is 0.253 e. The Kier molecular flexibility index (Phi) is 2.98. The van der Waals surface area contributed by atoms with Gasteiger partial charge in [-0.3, -0.25) is 9.48 Å². The van der Waals surface area contributed by atoms with Crippen LogP contribution in [0.1, 0.15) is 12.0 Å². The highest BCUT2D eigenvalue weighted by Gasteiger charge is 2.26. The van der Waals surface area contributed by atoms with Crippen molar-refractivity contribution < 1.29 is 9.53 Å². The monoisotopic (exact) mass is 270 g/mol. The lowest BCUT2D eigenvalue weighted by molar-refractivity contribution is -0.116. The number of aromatic nitrogens is 2. The summed E-state index contributed by atoms with van der Waals surface area (Å²) in [6.07, 6.45) is 3.84. The van der Waals surface area contributed by atoms with E-state index in [4.69, 9.17) is 4.74 Å². The van der Waals surface area contributed by atoms with Gasteiger partial charge < -0.3 is 4.74 Å². The number of anilines is 1. The molecule has 1 aliphatic rings. The van der Waals surface area contributed by atoms with Crippen LogP contribution in [0.2, 0.25) is 0 Å². The summed E-state index contributed by atoms with van der Waals surface area (Å²) >= 11 is 0. The zero-order valence-corrected chi connectivity index (χ0v) is 11.3. The number of carbonyl (C=O) groups excluding carboxylic acids is 1. The third kappa shape index (κ3) is 2.16. The van der Waals surface area contributed by atoms with E-state index in [1.54, 1.807) is 24.1 Å². The molecule has 0 aliphatic carbocycles. The van der Waals surface area contributed by atoms with Crippen molar-refractivity contribution in [2.24, 2.45) is 12.1 Å². The third-order valence-electron chi connectivity index (χ3n) is 3.11. The molecule has 3 rings (SSSR count). The highest BCUT2D eigenvalue weighted by Crippen LogP contribution is 2.26. The van der Waals surface area contributed by atoms with E-state index in [0.717, 1.165) is 11.3 Å². The summed E-state index contributed by atoms with van der Waals surface area (Å²) in [4.78, 5) is 12.1. The number of benzene rings is 1. The minimum atomic E-state index is -0.0582. The van der Waals surface area contributed by atoms with E-state index < -0.39 is 0 Å². The van der Waals surface area contributed by atoms with Crippen LogP contribution in [0, 0.1) is 0 Å². The molecule has 6 nitrogen and oxygen atoms in total. The first-order valence-electron chi connectivity index (χ1n) is 6.21. The minimum Gasteiger partial charge on any atom is -0.497 e. The average molecular weight is 270 g/mol. The third-order valence-corrected chi connectivity index (χ3v) is 3.11. The SMILES string of the molecule is COc1cccc(N2N=C(c3cnn(C)c3)CC2=O)c1. The Morgan fingerprint density at radius 3 is 2.90 bits per heavy atom. The molecule has 1 amide bonds. The van der Waals surface area contributed by atoms with Crippen molar-refractivity contribution >= 4 is 17.3 Å². The van der Waals surface area contributed by atoms with Crippen LogP contribution >= 0.6 is 0 Å². The predicted octanol–water partition coefficient (Wildman–Crippen LogP) is 1.57. The molecule has 1 aliphatic heterocycles. The zero-order chi connectivity index (χ0) is 14.1. The second kappa shape index (κ2) is 4.80. The van der Waals surface area contributed by atoms with Gasteiger partial charge in [-0.25, -0.2) is 5.01 Å². The molecule has 0 spiro atoms. The molecule has 102 valence electrons. The number of ether oxygens (including phenoxy) is 1. The van der Waals surface area contributed by atoms with Crippen molar-refractivity contribution in [1.82, 2.24) is 9.78 Å². The Hall–Kier alpha value is -2.63. The van der Waals surface area contributed by atoms with Crippen LogP contribution in [0.15, 0.2) is 41.8 Å². The van der Waals surface area contributed by atoms with Gasteiger partial charge in [0.05, 0.1) is 31.1 Å². The van der Waals surface area contributed by atoms with E-state index in [-0.39, 0.29) is 12.3 Å². The molecule has 2 heterocycles. The summed E-state index contributed by atoms with van der Waals surface area (Å²) < 4.78 is 6.86. The van der Waals surface area contributed by atoms with E-state index in [1.165, 1.54) is 5.01 Å². The molecule has 0 atom stereocenters. The van der Waals surface area contributed by atoms with Crippen molar-refractivity contribution in [3.8, 4) is 5.75 Å². The highest BCUT2D eigenvalue weighted by molar-refractivity contribution is 6.19. The van der Waals surface area contributed by atoms with Crippen molar-refractivity contribution in [3.63, 3.8) is 0 Å². The lowest BCUT2D eigenvalue weighted by Gasteiger charge is -2.12. The highest BCUT2D eigenvalue weighted by atomic mass is 16.5. The Balaban J connectivity index is 1.93. The van der Waals surface area contributed by atoms with E-state index >= 15 is 0 Å². The standard InChI is InChI=1S/C14H14N4O2/c1-17-9-10(8-15-17)13-7-14(19)18(16-13)11-4-3-5-12(6-11)20-2/h3-6,8-9H,7H2,1-2H3. The van der Waals surface area contributed by atoms with Gasteiger partial charge in [0.25, 0.3) is 5.91 Å². The molecule has 0 bridgehead atoms. The van der Waals surface area contributed by atoms with Gasteiger partial charge in [0, 0.05) is 24.9 Å². The van der Waals surface area contributed by atoms with Gasteiger partial charge in [-0.2, -0.15) is 10.2 Å². The van der Waals surface area contributed by atoms with Crippen LogP contribution in [-0.4, -0.2) is 28.5 Å². The molecule has 0 unspecified atom stereocenters. The Labute approximate surface area is 116 Å². The molecule has 0 fully saturated rings. The van der Waals surface area contributed by atoms with Gasteiger partial charge >= 0.3 is 0 Å². The summed E-state index contributed by atoms with van der Waals surface area (Å²) in [5, 5.41) is 9.89. The van der Waals surface area contributed by atoms with E-state index in [0.29, 0.717) is 11.4 Å². The number of hydrogen-bond acceptors (Lipinski definition) is 4. The van der Waals surface area contributed by atoms with Gasteiger partial charge in [-0.1, -0.05) is 6.07 Å². The normalized spacial score (nSPS) is 14.6. The second-order valence-corrected chi connectivity index (χ2v) is 4.53. The van der Waals surface area contributed by atoms with Crippen LogP contribution in [0.4, 0.5) is 5.69 Å². The number of carbonyl (C=O) groups is 1. The number of methoxy groups -OCH3 is 1. The van der Waals surface area contributed by atoms with E-state index in [9.17, 15) is 4.79 Å². The van der Waals surface area contributed by atoms with Gasteiger partial charge in [0.15, 0.2) is 0 Å². The minimum absolute atomic E-state index is 0.0582. The number of nitrogens with zero attached hydrogens (tertiary/aromatic N) is 4. The molecular weight excluding hydrogens is 256 g/mol. The average Bonchev–Trinajstić information content (AvgIpc) is 3.05. The second-order valence-electron chi connectivity index (χ2n) is 4.53. The maximum atomic E-state index is 12.1. The summed E-state index contributed by atoms with van der Waals surface area (Å²) in [6.45, 7) is 0. The molecule has 1 aromatic heterocycles. The number of hydrogen-bond donors (Lipinski definition) is 0. The lowest BCUT2D eigenvalue weighted by Crippen LogP contribution is -2.19. The Morgan fingerprint density at radius 2 is 2.20 bits per heavy atom. The first-order chi connectivity index (χ1) is 9.67. The fourth-order valence-corrected chi connectivity index (χ4v) is 2.10. The van der Waals surface area contributed by atoms with Gasteiger partial charge in [0.2, 0.25) is 0 Å². The van der Waals surface area contributed by atoms with Crippen LogP contribution in [0.25, 0.3) is 0 Å². The largest absolute Gasteiger partial charge is 0.497 e. The number of hydrazone groups is 1. The van der Waals surface area contributed by atoms with Crippen LogP contribution < -0.4 is 9.75 Å². The number of aryl methyl sites for hydroxylation is 1. The summed E-state index contributed by atoms with van der Waals surface area (Å²) in [5.74, 6) is 0.637. The maximum absolute atomic E-state index is 12.1. The lowest BCUT2D eigenvalue weighted by atomic mass is 10.1. The molecule has 2 aromatic rings. The van der Waals surface area contributed by atoms with E-state index in [1.807, 2.05) is 31.4 Å². The zero-order valence-electron chi connectivity index (χ0n) is 11.3. The molecule has 6 heteroatoms.